The van der Waals surface area contributed by atoms with Gasteiger partial charge in [0.05, 0.1) is 19.8 Å². The number of methoxy groups -OCH3 is 1. The molecule has 2 aromatic rings. The van der Waals surface area contributed by atoms with Gasteiger partial charge in [0.25, 0.3) is 0 Å². The second-order valence-electron chi connectivity index (χ2n) is 6.61. The van der Waals surface area contributed by atoms with Crippen LogP contribution in [-0.2, 0) is 32.2 Å². The zero-order valence-electron chi connectivity index (χ0n) is 15.1. The van der Waals surface area contributed by atoms with Gasteiger partial charge in [-0.3, -0.25) is 0 Å². The predicted molar refractivity (Wildman–Crippen MR) is 96.3 cm³/mol. The number of benzene rings is 2. The largest absolute Gasteiger partial charge is 0.374 e. The van der Waals surface area contributed by atoms with Gasteiger partial charge in [-0.15, -0.1) is 0 Å². The van der Waals surface area contributed by atoms with E-state index in [0.717, 1.165) is 11.1 Å². The molecule has 1 aliphatic heterocycles. The van der Waals surface area contributed by atoms with Gasteiger partial charge in [0, 0.05) is 7.11 Å². The van der Waals surface area contributed by atoms with Crippen LogP contribution in [0.4, 0.5) is 4.39 Å². The van der Waals surface area contributed by atoms with Gasteiger partial charge < -0.3 is 18.9 Å². The third kappa shape index (κ3) is 4.48. The van der Waals surface area contributed by atoms with E-state index in [0.29, 0.717) is 13.2 Å². The van der Waals surface area contributed by atoms with Crippen LogP contribution in [0.25, 0.3) is 0 Å². The lowest BCUT2D eigenvalue weighted by atomic mass is 9.99. The first-order valence-electron chi connectivity index (χ1n) is 8.75. The lowest BCUT2D eigenvalue weighted by molar-refractivity contribution is -0.166. The van der Waals surface area contributed by atoms with Gasteiger partial charge in [0.2, 0.25) is 0 Å². The Kier molecular flexibility index (Phi) is 6.38. The highest BCUT2D eigenvalue weighted by Gasteiger charge is 2.56. The lowest BCUT2D eigenvalue weighted by Crippen LogP contribution is -2.44. The van der Waals surface area contributed by atoms with Crippen molar-refractivity contribution in [1.82, 2.24) is 0 Å². The second kappa shape index (κ2) is 8.73. The van der Waals surface area contributed by atoms with E-state index in [1.807, 2.05) is 60.7 Å². The van der Waals surface area contributed by atoms with Crippen LogP contribution in [0.1, 0.15) is 18.1 Å². The van der Waals surface area contributed by atoms with Crippen molar-refractivity contribution in [3.63, 3.8) is 0 Å². The summed E-state index contributed by atoms with van der Waals surface area (Å²) in [5, 5.41) is 0. The van der Waals surface area contributed by atoms with Crippen molar-refractivity contribution in [2.24, 2.45) is 0 Å². The van der Waals surface area contributed by atoms with Crippen molar-refractivity contribution in [3.05, 3.63) is 71.8 Å². The van der Waals surface area contributed by atoms with E-state index in [4.69, 9.17) is 18.9 Å². The first-order chi connectivity index (χ1) is 12.6. The maximum absolute atomic E-state index is 15.2. The predicted octanol–water partition coefficient (Wildman–Crippen LogP) is 3.89. The van der Waals surface area contributed by atoms with Crippen LogP contribution >= 0.6 is 0 Å². The fourth-order valence-corrected chi connectivity index (χ4v) is 3.17. The summed E-state index contributed by atoms with van der Waals surface area (Å²) in [6, 6.07) is 19.5. The summed E-state index contributed by atoms with van der Waals surface area (Å²) >= 11 is 0. The molecule has 2 aromatic carbocycles. The second-order valence-corrected chi connectivity index (χ2v) is 6.61. The van der Waals surface area contributed by atoms with E-state index in [-0.39, 0.29) is 6.61 Å². The summed E-state index contributed by atoms with van der Waals surface area (Å²) in [7, 11) is 1.43. The molecule has 1 saturated heterocycles. The molecule has 4 nitrogen and oxygen atoms in total. The molecule has 1 aliphatic rings. The Bertz CT molecular complexity index is 662. The molecule has 3 rings (SSSR count). The quantitative estimate of drug-likeness (QED) is 0.716. The Morgan fingerprint density at radius 3 is 2.12 bits per heavy atom. The molecule has 1 heterocycles. The molecule has 0 spiro atoms. The van der Waals surface area contributed by atoms with Gasteiger partial charge in [-0.1, -0.05) is 60.7 Å². The normalized spacial score (nSPS) is 28.3. The van der Waals surface area contributed by atoms with Gasteiger partial charge in [-0.2, -0.15) is 0 Å². The molecule has 4 atom stereocenters. The topological polar surface area (TPSA) is 36.9 Å². The molecule has 0 radical (unpaired) electrons. The van der Waals surface area contributed by atoms with Crippen molar-refractivity contribution in [3.8, 4) is 0 Å². The van der Waals surface area contributed by atoms with Gasteiger partial charge in [-0.25, -0.2) is 4.39 Å². The molecule has 26 heavy (non-hydrogen) atoms. The van der Waals surface area contributed by atoms with Gasteiger partial charge in [-0.05, 0) is 18.1 Å². The molecular weight excluding hydrogens is 335 g/mol. The van der Waals surface area contributed by atoms with E-state index in [2.05, 4.69) is 0 Å². The van der Waals surface area contributed by atoms with E-state index in [1.165, 1.54) is 14.0 Å². The van der Waals surface area contributed by atoms with Gasteiger partial charge in [0.15, 0.2) is 12.0 Å². The van der Waals surface area contributed by atoms with E-state index >= 15 is 4.39 Å². The molecule has 5 heteroatoms. The minimum atomic E-state index is -1.76. The van der Waals surface area contributed by atoms with Crippen molar-refractivity contribution in [2.45, 2.75) is 44.3 Å². The highest BCUT2D eigenvalue weighted by molar-refractivity contribution is 5.14. The van der Waals surface area contributed by atoms with Gasteiger partial charge in [0.1, 0.15) is 12.2 Å². The summed E-state index contributed by atoms with van der Waals surface area (Å²) in [6.07, 6.45) is -2.29. The number of rotatable bonds is 8. The molecule has 0 saturated carbocycles. The molecule has 140 valence electrons. The van der Waals surface area contributed by atoms with Crippen LogP contribution in [-0.4, -0.2) is 37.9 Å². The van der Waals surface area contributed by atoms with Crippen LogP contribution in [0, 0.1) is 0 Å². The highest BCUT2D eigenvalue weighted by atomic mass is 19.1. The molecule has 0 amide bonds. The smallest absolute Gasteiger partial charge is 0.194 e. The Morgan fingerprint density at radius 1 is 0.962 bits per heavy atom. The number of hydrogen-bond donors (Lipinski definition) is 0. The van der Waals surface area contributed by atoms with Crippen molar-refractivity contribution in [1.29, 1.82) is 0 Å². The maximum atomic E-state index is 15.2. The van der Waals surface area contributed by atoms with E-state index < -0.39 is 24.2 Å². The summed E-state index contributed by atoms with van der Waals surface area (Å²) in [5.41, 5.74) is 0.274. The summed E-state index contributed by atoms with van der Waals surface area (Å²) in [4.78, 5) is 0. The summed E-state index contributed by atoms with van der Waals surface area (Å²) in [5.74, 6) is 0. The van der Waals surface area contributed by atoms with E-state index in [1.54, 1.807) is 0 Å². The standard InChI is InChI=1S/C21H25FO4/c1-21(22)19(25-14-17-11-7-4-8-12-17)18(26-20(21)23-2)15-24-13-16-9-5-3-6-10-16/h3-12,18-20H,13-15H2,1-2H3/t18-,19?,20-,21-/m1/s1. The third-order valence-electron chi connectivity index (χ3n) is 4.53. The fourth-order valence-electron chi connectivity index (χ4n) is 3.17. The SMILES string of the molecule is CO[C@@H]1O[C@H](COCc2ccccc2)C(OCc2ccccc2)[C@@]1(C)F. The number of ether oxygens (including phenoxy) is 4. The minimum Gasteiger partial charge on any atom is -0.374 e. The molecule has 0 bridgehead atoms. The highest BCUT2D eigenvalue weighted by Crippen LogP contribution is 2.37. The summed E-state index contributed by atoms with van der Waals surface area (Å²) < 4.78 is 37.7. The molecule has 0 aromatic heterocycles. The Hall–Kier alpha value is -1.79. The van der Waals surface area contributed by atoms with Gasteiger partial charge >= 0.3 is 0 Å². The van der Waals surface area contributed by atoms with Crippen molar-refractivity contribution < 1.29 is 23.3 Å². The zero-order chi connectivity index (χ0) is 18.4. The first-order valence-corrected chi connectivity index (χ1v) is 8.75. The molecular formula is C21H25FO4. The van der Waals surface area contributed by atoms with E-state index in [9.17, 15) is 0 Å². The van der Waals surface area contributed by atoms with Crippen LogP contribution < -0.4 is 0 Å². The molecule has 1 fully saturated rings. The Balaban J connectivity index is 1.61. The summed E-state index contributed by atoms with van der Waals surface area (Å²) in [6.45, 7) is 2.43. The first kappa shape index (κ1) is 19.0. The Labute approximate surface area is 153 Å². The fraction of sp³-hybridized carbons (Fsp3) is 0.429. The van der Waals surface area contributed by atoms with Crippen molar-refractivity contribution >= 4 is 0 Å². The number of alkyl halides is 1. The average molecular weight is 360 g/mol. The molecule has 1 unspecified atom stereocenters. The van der Waals surface area contributed by atoms with Crippen LogP contribution in [0.3, 0.4) is 0 Å². The molecule has 0 aliphatic carbocycles. The monoisotopic (exact) mass is 360 g/mol. The van der Waals surface area contributed by atoms with Crippen LogP contribution in [0.15, 0.2) is 60.7 Å². The molecule has 0 N–H and O–H groups in total. The zero-order valence-corrected chi connectivity index (χ0v) is 15.1. The Morgan fingerprint density at radius 2 is 1.54 bits per heavy atom. The van der Waals surface area contributed by atoms with Crippen LogP contribution in [0.2, 0.25) is 0 Å². The van der Waals surface area contributed by atoms with Crippen LogP contribution in [0.5, 0.6) is 0 Å². The number of halogens is 1. The number of hydrogen-bond acceptors (Lipinski definition) is 4. The average Bonchev–Trinajstić information content (AvgIpc) is 2.91. The minimum absolute atomic E-state index is 0.230. The maximum Gasteiger partial charge on any atom is 0.194 e. The van der Waals surface area contributed by atoms with Crippen molar-refractivity contribution in [2.75, 3.05) is 13.7 Å². The third-order valence-corrected chi connectivity index (χ3v) is 4.53. The lowest BCUT2D eigenvalue weighted by Gasteiger charge is -2.26.